The van der Waals surface area contributed by atoms with Crippen LogP contribution in [0.1, 0.15) is 33.6 Å². The molecule has 0 aliphatic rings. The maximum atomic E-state index is 13.2. The molecule has 3 rings (SSSR count). The third-order valence-electron chi connectivity index (χ3n) is 5.27. The molecule has 0 N–H and O–H groups in total. The summed E-state index contributed by atoms with van der Waals surface area (Å²) in [6.45, 7) is 10.4. The monoisotopic (exact) mass is 507 g/mol. The van der Waals surface area contributed by atoms with Gasteiger partial charge in [-0.05, 0) is 62.5 Å². The summed E-state index contributed by atoms with van der Waals surface area (Å²) >= 11 is 3.37. The van der Waals surface area contributed by atoms with Gasteiger partial charge in [0.1, 0.15) is 5.75 Å². The van der Waals surface area contributed by atoms with Crippen molar-refractivity contribution in [2.24, 2.45) is 0 Å². The number of ether oxygens (including phenoxy) is 1. The van der Waals surface area contributed by atoms with E-state index in [2.05, 4.69) is 30.9 Å². The molecular formula is C25H34ClN3O2S2. The second-order valence-electron chi connectivity index (χ2n) is 7.40. The molecule has 0 unspecified atom stereocenters. The Hall–Kier alpha value is -1.80. The third-order valence-corrected chi connectivity index (χ3v) is 7.41. The van der Waals surface area contributed by atoms with Crippen LogP contribution < -0.4 is 9.64 Å². The van der Waals surface area contributed by atoms with Gasteiger partial charge in [0.25, 0.3) is 0 Å². The molecule has 33 heavy (non-hydrogen) atoms. The number of hydrogen-bond acceptors (Lipinski definition) is 6. The standard InChI is InChI=1S/C25H33N3O2S2.ClH/c1-4-27(5-2)16-17-28(24(29)13-10-18-31-21-11-8-7-9-12-21)25-26-22-15-14-20(30-6-3)19-23(22)32-25;/h7-9,11-12,14-15,19H,4-6,10,13,16-18H2,1-3H3;1H. The van der Waals surface area contributed by atoms with Crippen molar-refractivity contribution in [1.29, 1.82) is 0 Å². The van der Waals surface area contributed by atoms with Crippen molar-refractivity contribution in [3.63, 3.8) is 0 Å². The summed E-state index contributed by atoms with van der Waals surface area (Å²) in [4.78, 5) is 23.5. The molecule has 0 fully saturated rings. The van der Waals surface area contributed by atoms with Crippen LogP contribution in [-0.4, -0.2) is 54.3 Å². The summed E-state index contributed by atoms with van der Waals surface area (Å²) in [7, 11) is 0. The first-order chi connectivity index (χ1) is 15.6. The minimum absolute atomic E-state index is 0. The lowest BCUT2D eigenvalue weighted by molar-refractivity contribution is -0.118. The molecule has 0 spiro atoms. The highest BCUT2D eigenvalue weighted by Crippen LogP contribution is 2.32. The number of likely N-dealkylation sites (N-methyl/N-ethyl adjacent to an activating group) is 1. The number of benzene rings is 2. The Morgan fingerprint density at radius 3 is 2.52 bits per heavy atom. The number of thioether (sulfide) groups is 1. The van der Waals surface area contributed by atoms with E-state index in [1.807, 2.05) is 48.2 Å². The number of carbonyl (C=O) groups excluding carboxylic acids is 1. The fraction of sp³-hybridized carbons (Fsp3) is 0.440. The number of thiazole rings is 1. The summed E-state index contributed by atoms with van der Waals surface area (Å²) in [6.07, 6.45) is 1.37. The van der Waals surface area contributed by atoms with Gasteiger partial charge in [0.05, 0.1) is 16.8 Å². The predicted molar refractivity (Wildman–Crippen MR) is 145 cm³/mol. The van der Waals surface area contributed by atoms with Crippen LogP contribution in [0.3, 0.4) is 0 Å². The van der Waals surface area contributed by atoms with Gasteiger partial charge in [-0.2, -0.15) is 0 Å². The Labute approximate surface area is 211 Å². The molecule has 8 heteroatoms. The minimum atomic E-state index is 0. The van der Waals surface area contributed by atoms with E-state index in [4.69, 9.17) is 9.72 Å². The first-order valence-electron chi connectivity index (χ1n) is 11.4. The van der Waals surface area contributed by atoms with Crippen molar-refractivity contribution >= 4 is 56.8 Å². The van der Waals surface area contributed by atoms with Crippen molar-refractivity contribution in [2.45, 2.75) is 38.5 Å². The van der Waals surface area contributed by atoms with Crippen LogP contribution in [0.5, 0.6) is 5.75 Å². The largest absolute Gasteiger partial charge is 0.494 e. The molecule has 3 aromatic rings. The fourth-order valence-electron chi connectivity index (χ4n) is 3.44. The molecule has 1 heterocycles. The molecule has 5 nitrogen and oxygen atoms in total. The minimum Gasteiger partial charge on any atom is -0.494 e. The molecule has 0 atom stereocenters. The zero-order chi connectivity index (χ0) is 22.8. The second kappa shape index (κ2) is 14.5. The van der Waals surface area contributed by atoms with E-state index >= 15 is 0 Å². The molecule has 1 aromatic heterocycles. The summed E-state index contributed by atoms with van der Waals surface area (Å²) in [5.41, 5.74) is 0.911. The van der Waals surface area contributed by atoms with E-state index in [9.17, 15) is 4.79 Å². The van der Waals surface area contributed by atoms with Crippen LogP contribution >= 0.6 is 35.5 Å². The highest BCUT2D eigenvalue weighted by atomic mass is 35.5. The van der Waals surface area contributed by atoms with Crippen molar-refractivity contribution in [2.75, 3.05) is 43.4 Å². The topological polar surface area (TPSA) is 45.7 Å². The molecule has 0 aliphatic heterocycles. The lowest BCUT2D eigenvalue weighted by Gasteiger charge is -2.24. The quantitative estimate of drug-likeness (QED) is 0.199. The summed E-state index contributed by atoms with van der Waals surface area (Å²) in [6, 6.07) is 16.3. The number of hydrogen-bond donors (Lipinski definition) is 0. The Kier molecular flexibility index (Phi) is 12.0. The molecule has 1 amide bonds. The van der Waals surface area contributed by atoms with Crippen molar-refractivity contribution in [3.05, 3.63) is 48.5 Å². The van der Waals surface area contributed by atoms with Gasteiger partial charge in [-0.1, -0.05) is 43.4 Å². The Balaban J connectivity index is 0.00000385. The lowest BCUT2D eigenvalue weighted by atomic mass is 10.3. The van der Waals surface area contributed by atoms with Crippen molar-refractivity contribution in [3.8, 4) is 5.75 Å². The number of amides is 1. The molecular weight excluding hydrogens is 474 g/mol. The van der Waals surface area contributed by atoms with Gasteiger partial charge in [0, 0.05) is 24.4 Å². The summed E-state index contributed by atoms with van der Waals surface area (Å²) < 4.78 is 6.68. The smallest absolute Gasteiger partial charge is 0.228 e. The highest BCUT2D eigenvalue weighted by Gasteiger charge is 2.20. The Bertz CT molecular complexity index is 980. The van der Waals surface area contributed by atoms with Gasteiger partial charge in [-0.25, -0.2) is 4.98 Å². The number of rotatable bonds is 13. The van der Waals surface area contributed by atoms with Crippen molar-refractivity contribution in [1.82, 2.24) is 9.88 Å². The SMILES string of the molecule is CCOc1ccc2nc(N(CCN(CC)CC)C(=O)CCCSc3ccccc3)sc2c1.Cl. The van der Waals surface area contributed by atoms with Crippen LogP contribution in [0.2, 0.25) is 0 Å². The van der Waals surface area contributed by atoms with Gasteiger partial charge in [0.2, 0.25) is 5.91 Å². The Morgan fingerprint density at radius 2 is 1.82 bits per heavy atom. The maximum Gasteiger partial charge on any atom is 0.228 e. The maximum absolute atomic E-state index is 13.2. The number of nitrogens with zero attached hydrogens (tertiary/aromatic N) is 3. The van der Waals surface area contributed by atoms with E-state index in [1.165, 1.54) is 4.90 Å². The number of aromatic nitrogens is 1. The zero-order valence-electron chi connectivity index (χ0n) is 19.7. The van der Waals surface area contributed by atoms with Gasteiger partial charge in [-0.3, -0.25) is 9.69 Å². The Morgan fingerprint density at radius 1 is 1.06 bits per heavy atom. The highest BCUT2D eigenvalue weighted by molar-refractivity contribution is 7.99. The van der Waals surface area contributed by atoms with Gasteiger partial charge < -0.3 is 9.64 Å². The molecule has 0 saturated carbocycles. The van der Waals surface area contributed by atoms with E-state index < -0.39 is 0 Å². The number of carbonyl (C=O) groups is 1. The summed E-state index contributed by atoms with van der Waals surface area (Å²) in [5.74, 6) is 1.92. The lowest BCUT2D eigenvalue weighted by Crippen LogP contribution is -2.38. The van der Waals surface area contributed by atoms with E-state index in [-0.39, 0.29) is 18.3 Å². The van der Waals surface area contributed by atoms with E-state index in [0.29, 0.717) is 19.6 Å². The molecule has 0 bridgehead atoms. The van der Waals surface area contributed by atoms with Gasteiger partial charge in [0.15, 0.2) is 5.13 Å². The van der Waals surface area contributed by atoms with Crippen LogP contribution in [0.15, 0.2) is 53.4 Å². The molecule has 0 radical (unpaired) electrons. The van der Waals surface area contributed by atoms with Gasteiger partial charge >= 0.3 is 0 Å². The van der Waals surface area contributed by atoms with Crippen molar-refractivity contribution < 1.29 is 9.53 Å². The average molecular weight is 508 g/mol. The van der Waals surface area contributed by atoms with Gasteiger partial charge in [-0.15, -0.1) is 24.2 Å². The zero-order valence-corrected chi connectivity index (χ0v) is 22.1. The average Bonchev–Trinajstić information content (AvgIpc) is 3.23. The van der Waals surface area contributed by atoms with Crippen LogP contribution in [0.25, 0.3) is 10.2 Å². The molecule has 2 aromatic carbocycles. The molecule has 0 saturated heterocycles. The van der Waals surface area contributed by atoms with E-state index in [1.54, 1.807) is 23.1 Å². The number of anilines is 1. The first-order valence-corrected chi connectivity index (χ1v) is 13.2. The number of fused-ring (bicyclic) bond motifs is 1. The van der Waals surface area contributed by atoms with Crippen LogP contribution in [0, 0.1) is 0 Å². The second-order valence-corrected chi connectivity index (χ2v) is 9.57. The normalized spacial score (nSPS) is 10.9. The first kappa shape index (κ1) is 27.4. The van der Waals surface area contributed by atoms with Crippen LogP contribution in [-0.2, 0) is 4.79 Å². The summed E-state index contributed by atoms with van der Waals surface area (Å²) in [5, 5.41) is 0.779. The molecule has 0 aliphatic carbocycles. The fourth-order valence-corrected chi connectivity index (χ4v) is 5.35. The van der Waals surface area contributed by atoms with E-state index in [0.717, 1.165) is 52.9 Å². The third kappa shape index (κ3) is 8.18. The molecule has 180 valence electrons. The predicted octanol–water partition coefficient (Wildman–Crippen LogP) is 6.36. The van der Waals surface area contributed by atoms with Crippen LogP contribution in [0.4, 0.5) is 5.13 Å². The number of halogens is 1.